The number of ketones is 1. The molecule has 0 unspecified atom stereocenters. The van der Waals surface area contributed by atoms with Gasteiger partial charge in [0.25, 0.3) is 0 Å². The highest BCUT2D eigenvalue weighted by Crippen LogP contribution is 2.36. The highest BCUT2D eigenvalue weighted by Gasteiger charge is 2.31. The number of amidine groups is 1. The van der Waals surface area contributed by atoms with Gasteiger partial charge in [0.05, 0.1) is 10.7 Å². The van der Waals surface area contributed by atoms with E-state index >= 15 is 0 Å². The van der Waals surface area contributed by atoms with E-state index in [1.165, 1.54) is 12.8 Å². The zero-order valence-electron chi connectivity index (χ0n) is 11.6. The molecule has 21 heavy (non-hydrogen) atoms. The summed E-state index contributed by atoms with van der Waals surface area (Å²) in [5, 5.41) is 4.03. The van der Waals surface area contributed by atoms with Gasteiger partial charge < -0.3 is 16.5 Å². The van der Waals surface area contributed by atoms with E-state index in [1.54, 1.807) is 6.07 Å². The van der Waals surface area contributed by atoms with Crippen molar-refractivity contribution in [3.63, 3.8) is 0 Å². The normalized spacial score (nSPS) is 18.3. The number of Topliss-reactive ketones (excluding diaryl/α,β-unsaturated/α-hetero) is 1. The third-order valence-corrected chi connectivity index (χ3v) is 4.27. The lowest BCUT2D eigenvalue weighted by molar-refractivity contribution is 0.103. The van der Waals surface area contributed by atoms with Crippen molar-refractivity contribution in [1.29, 1.82) is 0 Å². The highest BCUT2D eigenvalue weighted by molar-refractivity contribution is 6.34. The molecule has 3 rings (SSSR count). The molecule has 1 heterocycles. The first-order valence-electron chi connectivity index (χ1n) is 6.96. The Morgan fingerprint density at radius 3 is 2.57 bits per heavy atom. The lowest BCUT2D eigenvalue weighted by Crippen LogP contribution is -2.18. The van der Waals surface area contributed by atoms with Crippen LogP contribution in [0.4, 0.5) is 5.69 Å². The van der Waals surface area contributed by atoms with Crippen molar-refractivity contribution in [1.82, 2.24) is 0 Å². The molecule has 4 N–H and O–H groups in total. The molecular weight excluding hydrogens is 288 g/mol. The molecule has 0 bridgehead atoms. The van der Waals surface area contributed by atoms with E-state index in [2.05, 4.69) is 10.0 Å². The summed E-state index contributed by atoms with van der Waals surface area (Å²) in [6, 6.07) is 5.47. The lowest BCUT2D eigenvalue weighted by Gasteiger charge is -2.19. The maximum absolute atomic E-state index is 12.3. The van der Waals surface area contributed by atoms with Gasteiger partial charge in [-0.05, 0) is 31.0 Å². The predicted octanol–water partition coefficient (Wildman–Crippen LogP) is 2.05. The van der Waals surface area contributed by atoms with Gasteiger partial charge in [0.1, 0.15) is 5.84 Å². The average Bonchev–Trinajstić information content (AvgIpc) is 3.11. The average molecular weight is 305 g/mol. The van der Waals surface area contributed by atoms with Crippen LogP contribution < -0.4 is 16.5 Å². The van der Waals surface area contributed by atoms with E-state index in [0.717, 1.165) is 24.4 Å². The summed E-state index contributed by atoms with van der Waals surface area (Å²) in [7, 11) is 0. The summed E-state index contributed by atoms with van der Waals surface area (Å²) >= 11 is 6.33. The number of benzene rings is 1. The molecule has 1 fully saturated rings. The molecule has 1 aromatic rings. The van der Waals surface area contributed by atoms with Crippen molar-refractivity contribution >= 4 is 28.9 Å². The monoisotopic (exact) mass is 304 g/mol. The number of rotatable bonds is 4. The quantitative estimate of drug-likeness (QED) is 0.293. The predicted molar refractivity (Wildman–Crippen MR) is 84.7 cm³/mol. The van der Waals surface area contributed by atoms with Crippen molar-refractivity contribution in [2.24, 2.45) is 16.7 Å². The molecule has 2 aliphatic rings. The van der Waals surface area contributed by atoms with Crippen LogP contribution in [0.3, 0.4) is 0 Å². The summed E-state index contributed by atoms with van der Waals surface area (Å²) in [5.74, 6) is 5.30. The molecular formula is C15H17ClN4O. The van der Waals surface area contributed by atoms with E-state index < -0.39 is 0 Å². The maximum Gasteiger partial charge on any atom is 0.189 e. The second-order valence-electron chi connectivity index (χ2n) is 5.34. The second-order valence-corrected chi connectivity index (χ2v) is 5.74. The van der Waals surface area contributed by atoms with Gasteiger partial charge in [-0.1, -0.05) is 11.6 Å². The summed E-state index contributed by atoms with van der Waals surface area (Å²) in [4.78, 5) is 14.6. The number of hydrazone groups is 1. The number of nitrogens with zero attached hydrogens (tertiary/aromatic N) is 2. The molecule has 110 valence electrons. The van der Waals surface area contributed by atoms with Crippen LogP contribution in [0.15, 0.2) is 34.4 Å². The van der Waals surface area contributed by atoms with E-state index in [-0.39, 0.29) is 11.6 Å². The number of hydrogen-bond acceptors (Lipinski definition) is 4. The van der Waals surface area contributed by atoms with Gasteiger partial charge >= 0.3 is 0 Å². The number of anilines is 1. The fourth-order valence-electron chi connectivity index (χ4n) is 2.71. The third-order valence-electron chi connectivity index (χ3n) is 3.97. The van der Waals surface area contributed by atoms with Gasteiger partial charge in [-0.25, -0.2) is 0 Å². The Labute approximate surface area is 128 Å². The molecule has 0 saturated carbocycles. The van der Waals surface area contributed by atoms with Crippen LogP contribution in [0.2, 0.25) is 5.02 Å². The van der Waals surface area contributed by atoms with E-state index in [0.29, 0.717) is 22.6 Å². The standard InChI is InChI=1S/C15H17ClN4O/c16-12-7-9(3-4-13(12)20-5-1-2-6-20)14(21)10-8-11(10)15(17)19-18/h3-4,7H,1-2,5-6,8,18H2,(H2,17,19). The van der Waals surface area contributed by atoms with Gasteiger partial charge in [0.15, 0.2) is 5.78 Å². The minimum absolute atomic E-state index is 0.0496. The molecule has 1 aromatic carbocycles. The van der Waals surface area contributed by atoms with Crippen molar-refractivity contribution in [3.8, 4) is 0 Å². The van der Waals surface area contributed by atoms with Crippen molar-refractivity contribution in [2.45, 2.75) is 19.3 Å². The zero-order chi connectivity index (χ0) is 15.0. The van der Waals surface area contributed by atoms with E-state index in [9.17, 15) is 4.79 Å². The fraction of sp³-hybridized carbons (Fsp3) is 0.333. The Balaban J connectivity index is 1.83. The first kappa shape index (κ1) is 13.9. The van der Waals surface area contributed by atoms with Crippen LogP contribution in [0.25, 0.3) is 0 Å². The lowest BCUT2D eigenvalue weighted by atomic mass is 10.1. The molecule has 0 atom stereocenters. The Hall–Kier alpha value is -2.01. The molecule has 0 amide bonds. The first-order chi connectivity index (χ1) is 10.1. The Morgan fingerprint density at radius 2 is 1.95 bits per heavy atom. The Kier molecular flexibility index (Phi) is 3.59. The number of halogens is 1. The summed E-state index contributed by atoms with van der Waals surface area (Å²) in [5.41, 5.74) is 8.59. The van der Waals surface area contributed by atoms with Crippen LogP contribution in [-0.4, -0.2) is 24.7 Å². The number of allylic oxidation sites excluding steroid dienone is 1. The minimum atomic E-state index is -0.0496. The van der Waals surface area contributed by atoms with E-state index in [1.807, 2.05) is 12.1 Å². The molecule has 5 nitrogen and oxygen atoms in total. The minimum Gasteiger partial charge on any atom is -0.382 e. The summed E-state index contributed by atoms with van der Waals surface area (Å²) in [6.07, 6.45) is 2.92. The fourth-order valence-corrected chi connectivity index (χ4v) is 3.01. The summed E-state index contributed by atoms with van der Waals surface area (Å²) < 4.78 is 0. The first-order valence-corrected chi connectivity index (χ1v) is 7.34. The molecule has 6 heteroatoms. The van der Waals surface area contributed by atoms with Crippen LogP contribution >= 0.6 is 11.6 Å². The van der Waals surface area contributed by atoms with Crippen LogP contribution in [-0.2, 0) is 0 Å². The highest BCUT2D eigenvalue weighted by atomic mass is 35.5. The Bertz CT molecular complexity index is 660. The Morgan fingerprint density at radius 1 is 1.24 bits per heavy atom. The van der Waals surface area contributed by atoms with Crippen LogP contribution in [0.1, 0.15) is 29.6 Å². The van der Waals surface area contributed by atoms with Crippen LogP contribution in [0.5, 0.6) is 0 Å². The largest absolute Gasteiger partial charge is 0.382 e. The molecule has 1 aliphatic carbocycles. The zero-order valence-corrected chi connectivity index (χ0v) is 12.4. The topological polar surface area (TPSA) is 84.7 Å². The smallest absolute Gasteiger partial charge is 0.189 e. The molecule has 1 saturated heterocycles. The second kappa shape index (κ2) is 5.41. The number of nitrogens with two attached hydrogens (primary N) is 2. The van der Waals surface area contributed by atoms with E-state index in [4.69, 9.17) is 23.2 Å². The van der Waals surface area contributed by atoms with Crippen LogP contribution in [0, 0.1) is 0 Å². The number of hydrogen-bond donors (Lipinski definition) is 2. The number of carbonyl (C=O) groups excluding carboxylic acids is 1. The molecule has 0 radical (unpaired) electrons. The van der Waals surface area contributed by atoms with Gasteiger partial charge in [-0.15, -0.1) is 0 Å². The maximum atomic E-state index is 12.3. The molecule has 0 spiro atoms. The third kappa shape index (κ3) is 2.61. The van der Waals surface area contributed by atoms with Gasteiger partial charge in [-0.2, -0.15) is 5.10 Å². The summed E-state index contributed by atoms with van der Waals surface area (Å²) in [6.45, 7) is 2.04. The van der Waals surface area contributed by atoms with Crippen molar-refractivity contribution in [3.05, 3.63) is 39.9 Å². The van der Waals surface area contributed by atoms with Crippen molar-refractivity contribution in [2.75, 3.05) is 18.0 Å². The molecule has 1 aliphatic heterocycles. The van der Waals surface area contributed by atoms with Gasteiger partial charge in [0, 0.05) is 36.2 Å². The van der Waals surface area contributed by atoms with Gasteiger partial charge in [0.2, 0.25) is 0 Å². The SMILES string of the molecule is NN=C(N)C1=C(C(=O)c2ccc(N3CCCC3)c(Cl)c2)C1. The van der Waals surface area contributed by atoms with Crippen molar-refractivity contribution < 1.29 is 4.79 Å². The van der Waals surface area contributed by atoms with Gasteiger partial charge in [-0.3, -0.25) is 4.79 Å². The number of carbonyl (C=O) groups is 1. The molecule has 0 aromatic heterocycles.